The van der Waals surface area contributed by atoms with Gasteiger partial charge in [0, 0.05) is 19.7 Å². The van der Waals surface area contributed by atoms with Crippen LogP contribution in [0.4, 0.5) is 0 Å². The van der Waals surface area contributed by atoms with E-state index in [-0.39, 0.29) is 11.9 Å². The summed E-state index contributed by atoms with van der Waals surface area (Å²) < 4.78 is 5.32. The molecule has 3 N–H and O–H groups in total. The van der Waals surface area contributed by atoms with E-state index in [0.717, 1.165) is 31.2 Å². The van der Waals surface area contributed by atoms with Crippen molar-refractivity contribution in [2.45, 2.75) is 37.8 Å². The van der Waals surface area contributed by atoms with Gasteiger partial charge in [0.2, 0.25) is 0 Å². The molecule has 1 aromatic rings. The van der Waals surface area contributed by atoms with Crippen LogP contribution in [0.1, 0.15) is 37.4 Å². The second-order valence-corrected chi connectivity index (χ2v) is 5.56. The molecular weight excluding hydrogens is 252 g/mol. The maximum Gasteiger partial charge on any atom is 0.253 e. The lowest BCUT2D eigenvalue weighted by Crippen LogP contribution is -2.38. The Morgan fingerprint density at radius 2 is 2.15 bits per heavy atom. The molecule has 4 nitrogen and oxygen atoms in total. The van der Waals surface area contributed by atoms with Crippen molar-refractivity contribution >= 4 is 5.91 Å². The van der Waals surface area contributed by atoms with E-state index in [1.54, 1.807) is 7.11 Å². The van der Waals surface area contributed by atoms with Crippen LogP contribution in [-0.2, 0) is 9.53 Å². The molecule has 4 heteroatoms. The van der Waals surface area contributed by atoms with Gasteiger partial charge in [0.1, 0.15) is 0 Å². The standard InChI is InChI=1S/C16H24N2O2/c1-20-15(13-7-3-2-4-8-13)16(19)18-11-12-6-5-9-14(17)10-12/h2-4,7-8,12,14-15H,5-6,9-11,17H2,1H3,(H,18,19). The summed E-state index contributed by atoms with van der Waals surface area (Å²) in [6.07, 6.45) is 3.89. The van der Waals surface area contributed by atoms with Gasteiger partial charge < -0.3 is 15.8 Å². The highest BCUT2D eigenvalue weighted by atomic mass is 16.5. The largest absolute Gasteiger partial charge is 0.367 e. The average Bonchev–Trinajstić information content (AvgIpc) is 2.47. The highest BCUT2D eigenvalue weighted by Crippen LogP contribution is 2.23. The summed E-state index contributed by atoms with van der Waals surface area (Å²) in [6.45, 7) is 0.694. The number of methoxy groups -OCH3 is 1. The number of amides is 1. The SMILES string of the molecule is COC(C(=O)NCC1CCCC(N)C1)c1ccccc1. The van der Waals surface area contributed by atoms with Crippen LogP contribution in [0, 0.1) is 5.92 Å². The first kappa shape index (κ1) is 15.0. The Labute approximate surface area is 120 Å². The normalized spacial score (nSPS) is 24.1. The number of hydrogen-bond donors (Lipinski definition) is 2. The van der Waals surface area contributed by atoms with Gasteiger partial charge in [-0.25, -0.2) is 0 Å². The van der Waals surface area contributed by atoms with Crippen molar-refractivity contribution in [3.63, 3.8) is 0 Å². The fraction of sp³-hybridized carbons (Fsp3) is 0.562. The monoisotopic (exact) mass is 276 g/mol. The molecular formula is C16H24N2O2. The zero-order valence-electron chi connectivity index (χ0n) is 12.0. The van der Waals surface area contributed by atoms with Gasteiger partial charge in [0.05, 0.1) is 0 Å². The van der Waals surface area contributed by atoms with Crippen LogP contribution in [0.3, 0.4) is 0 Å². The predicted molar refractivity (Wildman–Crippen MR) is 79.1 cm³/mol. The lowest BCUT2D eigenvalue weighted by atomic mass is 9.86. The number of carbonyl (C=O) groups is 1. The van der Waals surface area contributed by atoms with Gasteiger partial charge in [0.15, 0.2) is 6.10 Å². The fourth-order valence-corrected chi connectivity index (χ4v) is 2.88. The van der Waals surface area contributed by atoms with E-state index in [0.29, 0.717) is 12.5 Å². The second kappa shape index (κ2) is 7.41. The van der Waals surface area contributed by atoms with Crippen molar-refractivity contribution in [2.75, 3.05) is 13.7 Å². The van der Waals surface area contributed by atoms with Gasteiger partial charge in [-0.2, -0.15) is 0 Å². The third-order valence-electron chi connectivity index (χ3n) is 3.96. The van der Waals surface area contributed by atoms with Crippen molar-refractivity contribution < 1.29 is 9.53 Å². The molecule has 1 fully saturated rings. The Balaban J connectivity index is 1.87. The third-order valence-corrected chi connectivity index (χ3v) is 3.96. The van der Waals surface area contributed by atoms with Gasteiger partial charge in [-0.3, -0.25) is 4.79 Å². The van der Waals surface area contributed by atoms with Crippen molar-refractivity contribution in [2.24, 2.45) is 11.7 Å². The van der Waals surface area contributed by atoms with Gasteiger partial charge in [-0.1, -0.05) is 36.8 Å². The molecule has 0 saturated heterocycles. The quantitative estimate of drug-likeness (QED) is 0.864. The van der Waals surface area contributed by atoms with Gasteiger partial charge in [-0.15, -0.1) is 0 Å². The molecule has 3 unspecified atom stereocenters. The number of carbonyl (C=O) groups excluding carboxylic acids is 1. The van der Waals surface area contributed by atoms with Crippen molar-refractivity contribution in [3.8, 4) is 0 Å². The molecule has 1 aliphatic rings. The van der Waals surface area contributed by atoms with E-state index in [1.807, 2.05) is 30.3 Å². The summed E-state index contributed by atoms with van der Waals surface area (Å²) in [4.78, 5) is 12.2. The number of nitrogens with two attached hydrogens (primary N) is 1. The van der Waals surface area contributed by atoms with Crippen LogP contribution in [0.15, 0.2) is 30.3 Å². The topological polar surface area (TPSA) is 64.3 Å². The Hall–Kier alpha value is -1.39. The lowest BCUT2D eigenvalue weighted by Gasteiger charge is -2.27. The molecule has 2 rings (SSSR count). The minimum atomic E-state index is -0.534. The Bertz CT molecular complexity index is 422. The van der Waals surface area contributed by atoms with Crippen LogP contribution in [0.25, 0.3) is 0 Å². The van der Waals surface area contributed by atoms with E-state index < -0.39 is 6.10 Å². The molecule has 0 spiro atoms. The van der Waals surface area contributed by atoms with Crippen LogP contribution in [-0.4, -0.2) is 25.6 Å². The highest BCUT2D eigenvalue weighted by molar-refractivity contribution is 5.82. The van der Waals surface area contributed by atoms with E-state index in [4.69, 9.17) is 10.5 Å². The third kappa shape index (κ3) is 4.05. The maximum absolute atomic E-state index is 12.2. The molecule has 20 heavy (non-hydrogen) atoms. The van der Waals surface area contributed by atoms with Crippen LogP contribution < -0.4 is 11.1 Å². The maximum atomic E-state index is 12.2. The van der Waals surface area contributed by atoms with E-state index in [2.05, 4.69) is 5.32 Å². The first-order valence-electron chi connectivity index (χ1n) is 7.31. The van der Waals surface area contributed by atoms with Crippen molar-refractivity contribution in [1.29, 1.82) is 0 Å². The molecule has 1 aliphatic carbocycles. The number of hydrogen-bond acceptors (Lipinski definition) is 3. The molecule has 0 radical (unpaired) electrons. The van der Waals surface area contributed by atoms with Gasteiger partial charge in [0.25, 0.3) is 5.91 Å². The molecule has 3 atom stereocenters. The Kier molecular flexibility index (Phi) is 5.56. The summed E-state index contributed by atoms with van der Waals surface area (Å²) in [7, 11) is 1.56. The van der Waals surface area contributed by atoms with Gasteiger partial charge >= 0.3 is 0 Å². The van der Waals surface area contributed by atoms with E-state index in [1.165, 1.54) is 0 Å². The van der Waals surface area contributed by atoms with Crippen LogP contribution in [0.5, 0.6) is 0 Å². The Morgan fingerprint density at radius 1 is 1.40 bits per heavy atom. The summed E-state index contributed by atoms with van der Waals surface area (Å²) >= 11 is 0. The number of benzene rings is 1. The van der Waals surface area contributed by atoms with Crippen LogP contribution >= 0.6 is 0 Å². The predicted octanol–water partition coefficient (Wildman–Crippen LogP) is 2.01. The molecule has 0 aliphatic heterocycles. The zero-order chi connectivity index (χ0) is 14.4. The molecule has 1 aromatic carbocycles. The van der Waals surface area contributed by atoms with Crippen LogP contribution in [0.2, 0.25) is 0 Å². The summed E-state index contributed by atoms with van der Waals surface area (Å²) in [6, 6.07) is 9.85. The smallest absolute Gasteiger partial charge is 0.253 e. The first-order chi connectivity index (χ1) is 9.70. The number of ether oxygens (including phenoxy) is 1. The molecule has 1 saturated carbocycles. The second-order valence-electron chi connectivity index (χ2n) is 5.56. The average molecular weight is 276 g/mol. The molecule has 110 valence electrons. The number of rotatable bonds is 5. The minimum absolute atomic E-state index is 0.0714. The summed E-state index contributed by atoms with van der Waals surface area (Å²) in [5, 5.41) is 3.00. The minimum Gasteiger partial charge on any atom is -0.367 e. The zero-order valence-corrected chi connectivity index (χ0v) is 12.0. The first-order valence-corrected chi connectivity index (χ1v) is 7.31. The number of nitrogens with one attached hydrogen (secondary N) is 1. The van der Waals surface area contributed by atoms with Crippen molar-refractivity contribution in [1.82, 2.24) is 5.32 Å². The molecule has 0 bridgehead atoms. The molecule has 0 aromatic heterocycles. The van der Waals surface area contributed by atoms with E-state index >= 15 is 0 Å². The summed E-state index contributed by atoms with van der Waals surface area (Å²) in [5.41, 5.74) is 6.85. The molecule has 0 heterocycles. The lowest BCUT2D eigenvalue weighted by molar-refractivity contribution is -0.131. The summed E-state index contributed by atoms with van der Waals surface area (Å²) in [5.74, 6) is 0.425. The van der Waals surface area contributed by atoms with E-state index in [9.17, 15) is 4.79 Å². The Morgan fingerprint density at radius 3 is 2.80 bits per heavy atom. The fourth-order valence-electron chi connectivity index (χ4n) is 2.88. The highest BCUT2D eigenvalue weighted by Gasteiger charge is 2.23. The van der Waals surface area contributed by atoms with Gasteiger partial charge in [-0.05, 0) is 30.7 Å². The molecule has 1 amide bonds. The van der Waals surface area contributed by atoms with Crippen molar-refractivity contribution in [3.05, 3.63) is 35.9 Å².